The second kappa shape index (κ2) is 11.8. The minimum Gasteiger partial charge on any atom is -0.479 e. The van der Waals surface area contributed by atoms with Gasteiger partial charge in [-0.3, -0.25) is 0 Å². The van der Waals surface area contributed by atoms with Gasteiger partial charge in [0.2, 0.25) is 0 Å². The molecule has 0 bridgehead atoms. The molecule has 2 rings (SSSR count). The van der Waals surface area contributed by atoms with Crippen molar-refractivity contribution in [1.82, 2.24) is 0 Å². The summed E-state index contributed by atoms with van der Waals surface area (Å²) in [7, 11) is 0. The van der Waals surface area contributed by atoms with E-state index in [-0.39, 0.29) is 0 Å². The molecule has 1 aromatic carbocycles. The maximum Gasteiger partial charge on any atom is 0.340 e. The SMILES string of the molecule is C=CC(=O)OCCCCCCOC1(C(=O)O)C=CC(/C=C/c2ccccc2)=CC1. The van der Waals surface area contributed by atoms with Crippen LogP contribution >= 0.6 is 0 Å². The highest BCUT2D eigenvalue weighted by atomic mass is 16.5. The second-order valence-corrected chi connectivity index (χ2v) is 6.81. The zero-order chi connectivity index (χ0) is 21.0. The van der Waals surface area contributed by atoms with Gasteiger partial charge >= 0.3 is 11.9 Å². The quantitative estimate of drug-likeness (QED) is 0.314. The van der Waals surface area contributed by atoms with Crippen molar-refractivity contribution >= 4 is 18.0 Å². The molecule has 0 saturated carbocycles. The molecular formula is C24H28O5. The molecule has 0 spiro atoms. The first-order valence-electron chi connectivity index (χ1n) is 9.85. The average Bonchev–Trinajstić information content (AvgIpc) is 2.75. The van der Waals surface area contributed by atoms with Crippen LogP contribution in [0.1, 0.15) is 37.7 Å². The Morgan fingerprint density at radius 2 is 1.79 bits per heavy atom. The van der Waals surface area contributed by atoms with Crippen LogP contribution in [0.4, 0.5) is 0 Å². The van der Waals surface area contributed by atoms with Gasteiger partial charge in [-0.25, -0.2) is 9.59 Å². The summed E-state index contributed by atoms with van der Waals surface area (Å²) in [4.78, 5) is 22.7. The first-order valence-corrected chi connectivity index (χ1v) is 9.85. The van der Waals surface area contributed by atoms with E-state index >= 15 is 0 Å². The number of rotatable bonds is 12. The number of aliphatic carboxylic acids is 1. The number of hydrogen-bond donors (Lipinski definition) is 1. The van der Waals surface area contributed by atoms with Gasteiger partial charge in [0, 0.05) is 19.1 Å². The molecule has 1 aliphatic carbocycles. The van der Waals surface area contributed by atoms with Crippen LogP contribution in [0.2, 0.25) is 0 Å². The number of unbranched alkanes of at least 4 members (excludes halogenated alkanes) is 3. The zero-order valence-corrected chi connectivity index (χ0v) is 16.6. The lowest BCUT2D eigenvalue weighted by atomic mass is 9.91. The molecule has 1 aromatic rings. The summed E-state index contributed by atoms with van der Waals surface area (Å²) in [6.45, 7) is 4.08. The van der Waals surface area contributed by atoms with Crippen LogP contribution in [-0.4, -0.2) is 35.9 Å². The Morgan fingerprint density at radius 1 is 1.07 bits per heavy atom. The molecule has 0 radical (unpaired) electrons. The van der Waals surface area contributed by atoms with Gasteiger partial charge in [-0.05, 0) is 36.5 Å². The first-order chi connectivity index (χ1) is 14.1. The molecular weight excluding hydrogens is 368 g/mol. The van der Waals surface area contributed by atoms with Crippen LogP contribution in [0.3, 0.4) is 0 Å². The number of carbonyl (C=O) groups is 2. The summed E-state index contributed by atoms with van der Waals surface area (Å²) in [5.41, 5.74) is 0.750. The molecule has 1 aliphatic rings. The number of allylic oxidation sites excluding steroid dienone is 3. The van der Waals surface area contributed by atoms with Gasteiger partial charge in [0.1, 0.15) is 0 Å². The van der Waals surface area contributed by atoms with E-state index in [1.54, 1.807) is 12.2 Å². The second-order valence-electron chi connectivity index (χ2n) is 6.81. The van der Waals surface area contributed by atoms with Crippen molar-refractivity contribution in [3.63, 3.8) is 0 Å². The Labute approximate surface area is 172 Å². The first kappa shape index (κ1) is 22.4. The highest BCUT2D eigenvalue weighted by Crippen LogP contribution is 2.27. The molecule has 0 heterocycles. The van der Waals surface area contributed by atoms with E-state index in [4.69, 9.17) is 9.47 Å². The molecule has 1 N–H and O–H groups in total. The van der Waals surface area contributed by atoms with E-state index in [9.17, 15) is 14.7 Å². The lowest BCUT2D eigenvalue weighted by Crippen LogP contribution is -2.40. The largest absolute Gasteiger partial charge is 0.479 e. The molecule has 0 aliphatic heterocycles. The van der Waals surface area contributed by atoms with E-state index in [0.717, 1.165) is 42.9 Å². The average molecular weight is 396 g/mol. The number of carbonyl (C=O) groups excluding carboxylic acids is 1. The van der Waals surface area contributed by atoms with Crippen molar-refractivity contribution in [2.24, 2.45) is 0 Å². The molecule has 0 saturated heterocycles. The number of esters is 1. The number of carboxylic acid groups (broad SMARTS) is 1. The van der Waals surface area contributed by atoms with Gasteiger partial charge in [-0.1, -0.05) is 67.6 Å². The van der Waals surface area contributed by atoms with Crippen LogP contribution in [0.25, 0.3) is 6.08 Å². The van der Waals surface area contributed by atoms with E-state index < -0.39 is 17.5 Å². The summed E-state index contributed by atoms with van der Waals surface area (Å²) in [6, 6.07) is 9.94. The summed E-state index contributed by atoms with van der Waals surface area (Å²) in [5, 5.41) is 9.65. The van der Waals surface area contributed by atoms with Crippen LogP contribution < -0.4 is 0 Å². The molecule has 5 nitrogen and oxygen atoms in total. The van der Waals surface area contributed by atoms with Crippen LogP contribution in [0.5, 0.6) is 0 Å². The van der Waals surface area contributed by atoms with Gasteiger partial charge in [0.05, 0.1) is 6.61 Å². The van der Waals surface area contributed by atoms with Crippen molar-refractivity contribution < 1.29 is 24.2 Å². The Bertz CT molecular complexity index is 776. The third kappa shape index (κ3) is 7.54. The summed E-state index contributed by atoms with van der Waals surface area (Å²) in [5.74, 6) is -1.39. The number of hydrogen-bond acceptors (Lipinski definition) is 4. The van der Waals surface area contributed by atoms with Crippen LogP contribution in [0, 0.1) is 0 Å². The highest BCUT2D eigenvalue weighted by molar-refractivity contribution is 5.81. The normalized spacial score (nSPS) is 18.4. The van der Waals surface area contributed by atoms with Gasteiger partial charge in [0.15, 0.2) is 5.60 Å². The van der Waals surface area contributed by atoms with Crippen molar-refractivity contribution in [1.29, 1.82) is 0 Å². The van der Waals surface area contributed by atoms with Crippen molar-refractivity contribution in [3.8, 4) is 0 Å². The van der Waals surface area contributed by atoms with Crippen molar-refractivity contribution in [2.45, 2.75) is 37.7 Å². The van der Waals surface area contributed by atoms with Gasteiger partial charge in [-0.2, -0.15) is 0 Å². The Kier molecular flexibility index (Phi) is 9.12. The van der Waals surface area contributed by atoms with Crippen molar-refractivity contribution in [3.05, 3.63) is 78.4 Å². The molecule has 0 amide bonds. The van der Waals surface area contributed by atoms with Gasteiger partial charge in [0.25, 0.3) is 0 Å². The van der Waals surface area contributed by atoms with Crippen LogP contribution in [0.15, 0.2) is 72.9 Å². The fraction of sp³-hybridized carbons (Fsp3) is 0.333. The van der Waals surface area contributed by atoms with E-state index in [1.807, 2.05) is 48.6 Å². The monoisotopic (exact) mass is 396 g/mol. The number of ether oxygens (including phenoxy) is 2. The molecule has 1 atom stereocenters. The lowest BCUT2D eigenvalue weighted by molar-refractivity contribution is -0.159. The van der Waals surface area contributed by atoms with E-state index in [1.165, 1.54) is 0 Å². The smallest absolute Gasteiger partial charge is 0.340 e. The summed E-state index contributed by atoms with van der Waals surface area (Å²) < 4.78 is 10.7. The number of benzene rings is 1. The summed E-state index contributed by atoms with van der Waals surface area (Å²) in [6.07, 6.45) is 14.0. The molecule has 154 valence electrons. The van der Waals surface area contributed by atoms with E-state index in [2.05, 4.69) is 6.58 Å². The maximum atomic E-state index is 11.8. The fourth-order valence-electron chi connectivity index (χ4n) is 2.89. The fourth-order valence-corrected chi connectivity index (χ4v) is 2.89. The molecule has 29 heavy (non-hydrogen) atoms. The highest BCUT2D eigenvalue weighted by Gasteiger charge is 2.37. The molecule has 1 unspecified atom stereocenters. The molecule has 0 aromatic heterocycles. The molecule has 5 heteroatoms. The Balaban J connectivity index is 1.74. The minimum atomic E-state index is -1.30. The maximum absolute atomic E-state index is 11.8. The third-order valence-corrected chi connectivity index (χ3v) is 4.63. The minimum absolute atomic E-state index is 0.296. The van der Waals surface area contributed by atoms with Crippen molar-refractivity contribution in [2.75, 3.05) is 13.2 Å². The standard InChI is InChI=1S/C24H28O5/c1-2-22(25)28-18-8-3-4-9-19-29-24(23(26)27)16-14-21(15-17-24)13-12-20-10-6-5-7-11-20/h2,5-7,10-16H,1,3-4,8-9,17-19H2,(H,26,27)/b13-12+. The predicted octanol–water partition coefficient (Wildman–Crippen LogP) is 4.72. The van der Waals surface area contributed by atoms with Crippen LogP contribution in [-0.2, 0) is 19.1 Å². The number of carboxylic acids is 1. The zero-order valence-electron chi connectivity index (χ0n) is 16.6. The van der Waals surface area contributed by atoms with Gasteiger partial charge < -0.3 is 14.6 Å². The summed E-state index contributed by atoms with van der Waals surface area (Å²) >= 11 is 0. The Hall–Kier alpha value is -2.92. The third-order valence-electron chi connectivity index (χ3n) is 4.63. The lowest BCUT2D eigenvalue weighted by Gasteiger charge is -2.28. The molecule has 0 fully saturated rings. The van der Waals surface area contributed by atoms with E-state index in [0.29, 0.717) is 19.6 Å². The predicted molar refractivity (Wildman–Crippen MR) is 113 cm³/mol. The topological polar surface area (TPSA) is 72.8 Å². The Morgan fingerprint density at radius 3 is 2.41 bits per heavy atom. The van der Waals surface area contributed by atoms with Gasteiger partial charge in [-0.15, -0.1) is 0 Å².